The molecule has 0 aromatic carbocycles. The Bertz CT molecular complexity index is 533. The Morgan fingerprint density at radius 3 is 2.81 bits per heavy atom. The third-order valence-corrected chi connectivity index (χ3v) is 4.51. The van der Waals surface area contributed by atoms with Crippen LogP contribution in [0.1, 0.15) is 43.7 Å². The lowest BCUT2D eigenvalue weighted by atomic mass is 9.99. The quantitative estimate of drug-likeness (QED) is 0.893. The molecule has 6 heteroatoms. The van der Waals surface area contributed by atoms with Gasteiger partial charge in [0.1, 0.15) is 0 Å². The first-order valence-electron chi connectivity index (χ1n) is 7.13. The van der Waals surface area contributed by atoms with Crippen molar-refractivity contribution in [1.29, 1.82) is 0 Å². The van der Waals surface area contributed by atoms with Gasteiger partial charge < -0.3 is 15.3 Å². The minimum absolute atomic E-state index is 0.0467. The summed E-state index contributed by atoms with van der Waals surface area (Å²) in [5, 5.41) is 14.6. The summed E-state index contributed by atoms with van der Waals surface area (Å²) < 4.78 is 0. The molecule has 1 aromatic rings. The Morgan fingerprint density at radius 1 is 1.48 bits per heavy atom. The highest BCUT2D eigenvalue weighted by atomic mass is 32.1. The normalized spacial score (nSPS) is 18.4. The van der Waals surface area contributed by atoms with Gasteiger partial charge in [0.2, 0.25) is 5.91 Å². The number of carboxylic acids is 1. The van der Waals surface area contributed by atoms with Gasteiger partial charge in [-0.2, -0.15) is 0 Å². The zero-order valence-electron chi connectivity index (χ0n) is 12.7. The van der Waals surface area contributed by atoms with Crippen LogP contribution in [0, 0.1) is 0 Å². The van der Waals surface area contributed by atoms with Gasteiger partial charge in [-0.1, -0.05) is 0 Å². The van der Waals surface area contributed by atoms with Crippen molar-refractivity contribution >= 4 is 23.2 Å². The van der Waals surface area contributed by atoms with Gasteiger partial charge in [-0.05, 0) is 44.2 Å². The number of nitrogens with one attached hydrogen (secondary N) is 1. The second kappa shape index (κ2) is 6.15. The molecule has 1 aromatic heterocycles. The summed E-state index contributed by atoms with van der Waals surface area (Å²) in [6, 6.07) is 0.994. The second-order valence-corrected chi connectivity index (χ2v) is 7.30. The molecule has 2 N–H and O–H groups in total. The molecule has 116 valence electrons. The molecule has 2 rings (SSSR count). The Labute approximate surface area is 129 Å². The van der Waals surface area contributed by atoms with Crippen LogP contribution in [0.5, 0.6) is 0 Å². The lowest BCUT2D eigenvalue weighted by Gasteiger charge is -2.33. The second-order valence-electron chi connectivity index (χ2n) is 6.30. The molecule has 1 aliphatic heterocycles. The predicted octanol–water partition coefficient (Wildman–Crippen LogP) is 2.04. The van der Waals surface area contributed by atoms with Crippen molar-refractivity contribution in [3.8, 4) is 0 Å². The van der Waals surface area contributed by atoms with Gasteiger partial charge in [-0.3, -0.25) is 4.79 Å². The molecule has 21 heavy (non-hydrogen) atoms. The van der Waals surface area contributed by atoms with Gasteiger partial charge in [0.05, 0.1) is 0 Å². The van der Waals surface area contributed by atoms with Crippen LogP contribution in [-0.2, 0) is 16.0 Å². The van der Waals surface area contributed by atoms with Gasteiger partial charge in [0, 0.05) is 29.9 Å². The molecule has 0 saturated heterocycles. The van der Waals surface area contributed by atoms with Crippen LogP contribution < -0.4 is 5.32 Å². The van der Waals surface area contributed by atoms with E-state index in [2.05, 4.69) is 5.32 Å². The van der Waals surface area contributed by atoms with E-state index < -0.39 is 12.0 Å². The maximum atomic E-state index is 12.4. The van der Waals surface area contributed by atoms with Crippen molar-refractivity contribution in [3.63, 3.8) is 0 Å². The number of rotatable bonds is 4. The number of carbonyl (C=O) groups excluding carboxylic acids is 1. The zero-order chi connectivity index (χ0) is 15.6. The van der Waals surface area contributed by atoms with E-state index in [0.29, 0.717) is 19.5 Å². The average Bonchev–Trinajstić information content (AvgIpc) is 2.83. The fourth-order valence-electron chi connectivity index (χ4n) is 2.54. The standard InChI is InChI=1S/C15H22N2O3S/c1-15(2,3)16-7-4-12(18)17-8-5-11-10(6-9-21-11)13(17)14(19)20/h6,9,13,16H,4-5,7-8H2,1-3H3,(H,19,20). The maximum Gasteiger partial charge on any atom is 0.331 e. The summed E-state index contributed by atoms with van der Waals surface area (Å²) in [6.45, 7) is 7.16. The number of nitrogens with zero attached hydrogens (tertiary/aromatic N) is 1. The third kappa shape index (κ3) is 3.83. The lowest BCUT2D eigenvalue weighted by molar-refractivity contribution is -0.151. The smallest absolute Gasteiger partial charge is 0.331 e. The van der Waals surface area contributed by atoms with E-state index in [1.807, 2.05) is 32.2 Å². The number of amides is 1. The first-order chi connectivity index (χ1) is 9.79. The number of carboxylic acid groups (broad SMARTS) is 1. The molecule has 0 bridgehead atoms. The molecule has 0 spiro atoms. The van der Waals surface area contributed by atoms with Crippen LogP contribution in [0.15, 0.2) is 11.4 Å². The van der Waals surface area contributed by atoms with Crippen molar-refractivity contribution < 1.29 is 14.7 Å². The van der Waals surface area contributed by atoms with E-state index in [-0.39, 0.29) is 11.4 Å². The van der Waals surface area contributed by atoms with Crippen molar-refractivity contribution in [1.82, 2.24) is 10.2 Å². The monoisotopic (exact) mass is 310 g/mol. The predicted molar refractivity (Wildman–Crippen MR) is 82.5 cm³/mol. The Balaban J connectivity index is 2.05. The molecule has 1 aliphatic rings. The van der Waals surface area contributed by atoms with E-state index in [1.165, 1.54) is 4.90 Å². The van der Waals surface area contributed by atoms with Gasteiger partial charge in [-0.25, -0.2) is 4.79 Å². The highest BCUT2D eigenvalue weighted by Gasteiger charge is 2.36. The van der Waals surface area contributed by atoms with Crippen molar-refractivity contribution in [2.45, 2.75) is 45.2 Å². The summed E-state index contributed by atoms with van der Waals surface area (Å²) in [5.41, 5.74) is 0.727. The highest BCUT2D eigenvalue weighted by Crippen LogP contribution is 2.33. The topological polar surface area (TPSA) is 69.6 Å². The largest absolute Gasteiger partial charge is 0.479 e. The van der Waals surface area contributed by atoms with Crippen LogP contribution in [-0.4, -0.2) is 40.5 Å². The van der Waals surface area contributed by atoms with Crippen molar-refractivity contribution in [2.24, 2.45) is 0 Å². The number of aliphatic carboxylic acids is 1. The van der Waals surface area contributed by atoms with E-state index in [4.69, 9.17) is 0 Å². The van der Waals surface area contributed by atoms with Crippen LogP contribution in [0.3, 0.4) is 0 Å². The van der Waals surface area contributed by atoms with Gasteiger partial charge in [-0.15, -0.1) is 11.3 Å². The van der Waals surface area contributed by atoms with E-state index in [9.17, 15) is 14.7 Å². The van der Waals surface area contributed by atoms with Gasteiger partial charge >= 0.3 is 5.97 Å². The molecular weight excluding hydrogens is 288 g/mol. The molecule has 0 fully saturated rings. The Hall–Kier alpha value is -1.40. The lowest BCUT2D eigenvalue weighted by Crippen LogP contribution is -2.45. The molecule has 1 amide bonds. The van der Waals surface area contributed by atoms with E-state index in [0.717, 1.165) is 16.9 Å². The molecule has 5 nitrogen and oxygen atoms in total. The first kappa shape index (κ1) is 16.0. The Morgan fingerprint density at radius 2 is 2.19 bits per heavy atom. The van der Waals surface area contributed by atoms with Crippen LogP contribution >= 0.6 is 11.3 Å². The minimum atomic E-state index is -0.952. The first-order valence-corrected chi connectivity index (χ1v) is 8.01. The SMILES string of the molecule is CC(C)(C)NCCC(=O)N1CCc2sccc2C1C(=O)O. The summed E-state index contributed by atoms with van der Waals surface area (Å²) in [4.78, 5) is 26.5. The fraction of sp³-hybridized carbons (Fsp3) is 0.600. The van der Waals surface area contributed by atoms with E-state index in [1.54, 1.807) is 11.3 Å². The van der Waals surface area contributed by atoms with Crippen molar-refractivity contribution in [3.05, 3.63) is 21.9 Å². The maximum absolute atomic E-state index is 12.4. The summed E-state index contributed by atoms with van der Waals surface area (Å²) in [7, 11) is 0. The van der Waals surface area contributed by atoms with Crippen LogP contribution in [0.4, 0.5) is 0 Å². The average molecular weight is 310 g/mol. The number of fused-ring (bicyclic) bond motifs is 1. The highest BCUT2D eigenvalue weighted by molar-refractivity contribution is 7.10. The molecule has 0 aliphatic carbocycles. The third-order valence-electron chi connectivity index (χ3n) is 3.51. The number of thiophene rings is 1. The molecular formula is C15H22N2O3S. The fourth-order valence-corrected chi connectivity index (χ4v) is 3.44. The molecule has 1 atom stereocenters. The van der Waals surface area contributed by atoms with Crippen molar-refractivity contribution in [2.75, 3.05) is 13.1 Å². The molecule has 0 radical (unpaired) electrons. The number of carbonyl (C=O) groups is 2. The number of hydrogen-bond donors (Lipinski definition) is 2. The summed E-state index contributed by atoms with van der Waals surface area (Å²) >= 11 is 1.57. The van der Waals surface area contributed by atoms with Gasteiger partial charge in [0.25, 0.3) is 0 Å². The Kier molecular flexibility index (Phi) is 4.68. The molecule has 2 heterocycles. The minimum Gasteiger partial charge on any atom is -0.479 e. The molecule has 0 saturated carbocycles. The summed E-state index contributed by atoms with van der Waals surface area (Å²) in [5.74, 6) is -1.05. The molecule has 1 unspecified atom stereocenters. The summed E-state index contributed by atoms with van der Waals surface area (Å²) in [6.07, 6.45) is 1.07. The van der Waals surface area contributed by atoms with Crippen LogP contribution in [0.2, 0.25) is 0 Å². The zero-order valence-corrected chi connectivity index (χ0v) is 13.5. The van der Waals surface area contributed by atoms with E-state index >= 15 is 0 Å². The van der Waals surface area contributed by atoms with Gasteiger partial charge in [0.15, 0.2) is 6.04 Å². The number of hydrogen-bond acceptors (Lipinski definition) is 4. The van der Waals surface area contributed by atoms with Crippen LogP contribution in [0.25, 0.3) is 0 Å².